The molecule has 5 nitrogen and oxygen atoms in total. The molecule has 0 aliphatic heterocycles. The maximum atomic E-state index is 9.60. The lowest BCUT2D eigenvalue weighted by molar-refractivity contribution is -0.117. The molecule has 10 heavy (non-hydrogen) atoms. The van der Waals surface area contributed by atoms with Crippen molar-refractivity contribution in [3.05, 3.63) is 0 Å². The summed E-state index contributed by atoms with van der Waals surface area (Å²) in [5.74, 6) is -0.572. The van der Waals surface area contributed by atoms with E-state index in [-0.39, 0.29) is 19.6 Å². The number of carbonyl (C=O) groups is 1. The standard InChI is InChI=1S/C3H4N2O.C2H6O2/c4-2-1-3(5)6;3-1-2-4/h1H2,(H2,5,6);3-4H,1-2H2. The summed E-state index contributed by atoms with van der Waals surface area (Å²) in [4.78, 5) is 9.60. The van der Waals surface area contributed by atoms with Gasteiger partial charge in [0.15, 0.2) is 0 Å². The van der Waals surface area contributed by atoms with Gasteiger partial charge >= 0.3 is 0 Å². The van der Waals surface area contributed by atoms with Crippen molar-refractivity contribution in [2.45, 2.75) is 6.42 Å². The van der Waals surface area contributed by atoms with E-state index >= 15 is 0 Å². The largest absolute Gasteiger partial charge is 0.394 e. The van der Waals surface area contributed by atoms with Gasteiger partial charge < -0.3 is 15.9 Å². The Morgan fingerprint density at radius 1 is 1.50 bits per heavy atom. The van der Waals surface area contributed by atoms with E-state index < -0.39 is 5.91 Å². The van der Waals surface area contributed by atoms with Gasteiger partial charge in [0, 0.05) is 0 Å². The van der Waals surface area contributed by atoms with E-state index in [0.717, 1.165) is 0 Å². The minimum Gasteiger partial charge on any atom is -0.394 e. The Bertz CT molecular complexity index is 117. The molecule has 0 radical (unpaired) electrons. The van der Waals surface area contributed by atoms with Crippen molar-refractivity contribution >= 4 is 5.91 Å². The summed E-state index contributed by atoms with van der Waals surface area (Å²) in [7, 11) is 0. The molecule has 0 bridgehead atoms. The summed E-state index contributed by atoms with van der Waals surface area (Å²) in [6.45, 7) is -0.250. The molecule has 1 amide bonds. The van der Waals surface area contributed by atoms with E-state index in [1.165, 1.54) is 0 Å². The van der Waals surface area contributed by atoms with Crippen molar-refractivity contribution in [2.24, 2.45) is 5.73 Å². The molecule has 0 aromatic rings. The molecule has 4 N–H and O–H groups in total. The highest BCUT2D eigenvalue weighted by Crippen LogP contribution is 1.64. The van der Waals surface area contributed by atoms with Crippen LogP contribution in [0.15, 0.2) is 0 Å². The van der Waals surface area contributed by atoms with Crippen LogP contribution in [0.1, 0.15) is 6.42 Å². The lowest BCUT2D eigenvalue weighted by Gasteiger charge is -1.71. The predicted octanol–water partition coefficient (Wildman–Crippen LogP) is -1.64. The zero-order valence-electron chi connectivity index (χ0n) is 5.45. The first-order valence-electron chi connectivity index (χ1n) is 2.56. The van der Waals surface area contributed by atoms with Crippen molar-refractivity contribution < 1.29 is 15.0 Å². The molecule has 0 fully saturated rings. The van der Waals surface area contributed by atoms with Crippen LogP contribution in [0.3, 0.4) is 0 Å². The van der Waals surface area contributed by atoms with Crippen LogP contribution in [-0.4, -0.2) is 29.3 Å². The van der Waals surface area contributed by atoms with E-state index in [2.05, 4.69) is 5.73 Å². The van der Waals surface area contributed by atoms with E-state index in [9.17, 15) is 4.79 Å². The van der Waals surface area contributed by atoms with Crippen LogP contribution in [0.2, 0.25) is 0 Å². The quantitative estimate of drug-likeness (QED) is 0.434. The summed E-state index contributed by atoms with van der Waals surface area (Å²) in [5.41, 5.74) is 4.54. The van der Waals surface area contributed by atoms with Gasteiger partial charge in [0.05, 0.1) is 19.3 Å². The van der Waals surface area contributed by atoms with Gasteiger partial charge in [-0.15, -0.1) is 0 Å². The Balaban J connectivity index is 0. The number of carbonyl (C=O) groups excluding carboxylic acids is 1. The van der Waals surface area contributed by atoms with Gasteiger partial charge in [-0.25, -0.2) is 0 Å². The Morgan fingerprint density at radius 3 is 1.90 bits per heavy atom. The smallest absolute Gasteiger partial charge is 0.231 e. The zero-order chi connectivity index (χ0) is 8.41. The fraction of sp³-hybridized carbons (Fsp3) is 0.600. The fourth-order valence-corrected chi connectivity index (χ4v) is 0.0779. The van der Waals surface area contributed by atoms with Crippen LogP contribution in [0, 0.1) is 11.3 Å². The molecule has 0 heterocycles. The second kappa shape index (κ2) is 10.8. The van der Waals surface area contributed by atoms with Crippen molar-refractivity contribution in [3.8, 4) is 6.07 Å². The first-order valence-corrected chi connectivity index (χ1v) is 2.56. The van der Waals surface area contributed by atoms with E-state index in [1.807, 2.05) is 0 Å². The Morgan fingerprint density at radius 2 is 1.90 bits per heavy atom. The topological polar surface area (TPSA) is 107 Å². The molecule has 58 valence electrons. The Labute approximate surface area is 58.7 Å². The van der Waals surface area contributed by atoms with Crippen LogP contribution in [0.25, 0.3) is 0 Å². The van der Waals surface area contributed by atoms with Gasteiger partial charge in [-0.2, -0.15) is 5.26 Å². The third kappa shape index (κ3) is 28.7. The first-order chi connectivity index (χ1) is 4.68. The molecule has 0 aromatic heterocycles. The third-order valence-electron chi connectivity index (χ3n) is 0.353. The summed E-state index contributed by atoms with van der Waals surface area (Å²) in [6, 6.07) is 1.59. The molecular weight excluding hydrogens is 136 g/mol. The summed E-state index contributed by atoms with van der Waals surface area (Å²) < 4.78 is 0. The van der Waals surface area contributed by atoms with Crippen molar-refractivity contribution in [1.82, 2.24) is 0 Å². The number of primary amides is 1. The lowest BCUT2D eigenvalue weighted by atomic mass is 10.5. The average molecular weight is 146 g/mol. The van der Waals surface area contributed by atoms with Crippen molar-refractivity contribution in [2.75, 3.05) is 13.2 Å². The highest BCUT2D eigenvalue weighted by atomic mass is 16.3. The van der Waals surface area contributed by atoms with Crippen LogP contribution < -0.4 is 5.73 Å². The minimum atomic E-state index is -0.572. The number of hydrogen-bond acceptors (Lipinski definition) is 4. The third-order valence-corrected chi connectivity index (χ3v) is 0.353. The van der Waals surface area contributed by atoms with Crippen LogP contribution >= 0.6 is 0 Å². The fourth-order valence-electron chi connectivity index (χ4n) is 0.0779. The normalized spacial score (nSPS) is 6.90. The van der Waals surface area contributed by atoms with Gasteiger partial charge in [-0.1, -0.05) is 0 Å². The summed E-state index contributed by atoms with van der Waals surface area (Å²) in [5, 5.41) is 22.9. The number of aliphatic hydroxyl groups excluding tert-OH is 2. The number of nitrogens with zero attached hydrogens (tertiary/aromatic N) is 1. The van der Waals surface area contributed by atoms with Crippen molar-refractivity contribution in [3.63, 3.8) is 0 Å². The molecule has 5 heteroatoms. The van der Waals surface area contributed by atoms with Gasteiger partial charge in [-0.3, -0.25) is 4.79 Å². The van der Waals surface area contributed by atoms with E-state index in [0.29, 0.717) is 0 Å². The minimum absolute atomic E-state index is 0.125. The number of rotatable bonds is 2. The molecule has 0 unspecified atom stereocenters. The SMILES string of the molecule is N#CCC(N)=O.OCCO. The van der Waals surface area contributed by atoms with Gasteiger partial charge in [0.1, 0.15) is 6.42 Å². The molecule has 0 aliphatic rings. The van der Waals surface area contributed by atoms with Crippen LogP contribution in [0.4, 0.5) is 0 Å². The molecule has 0 rings (SSSR count). The molecule has 0 aliphatic carbocycles. The maximum absolute atomic E-state index is 9.60. The molecule has 0 saturated carbocycles. The lowest BCUT2D eigenvalue weighted by Crippen LogP contribution is -2.07. The Kier molecular flexibility index (Phi) is 12.6. The average Bonchev–Trinajstić information content (AvgIpc) is 1.89. The first kappa shape index (κ1) is 11.6. The second-order valence-electron chi connectivity index (χ2n) is 1.25. The van der Waals surface area contributed by atoms with Gasteiger partial charge in [0.2, 0.25) is 5.91 Å². The Hall–Kier alpha value is -1.12. The second-order valence-corrected chi connectivity index (χ2v) is 1.25. The number of nitrogens with two attached hydrogens (primary N) is 1. The van der Waals surface area contributed by atoms with Crippen molar-refractivity contribution in [1.29, 1.82) is 5.26 Å². The number of aliphatic hydroxyl groups is 2. The summed E-state index contributed by atoms with van der Waals surface area (Å²) in [6.07, 6.45) is -0.181. The predicted molar refractivity (Wildman–Crippen MR) is 33.6 cm³/mol. The number of hydrogen-bond donors (Lipinski definition) is 3. The van der Waals surface area contributed by atoms with E-state index in [4.69, 9.17) is 15.5 Å². The molecule has 0 aromatic carbocycles. The molecule has 0 saturated heterocycles. The number of amides is 1. The highest BCUT2D eigenvalue weighted by molar-refractivity contribution is 5.75. The van der Waals surface area contributed by atoms with Gasteiger partial charge in [0.25, 0.3) is 0 Å². The van der Waals surface area contributed by atoms with Crippen LogP contribution in [0.5, 0.6) is 0 Å². The maximum Gasteiger partial charge on any atom is 0.231 e. The highest BCUT2D eigenvalue weighted by Gasteiger charge is 1.84. The molecular formula is C5H10N2O3. The monoisotopic (exact) mass is 146 g/mol. The van der Waals surface area contributed by atoms with Crippen LogP contribution in [-0.2, 0) is 4.79 Å². The zero-order valence-corrected chi connectivity index (χ0v) is 5.45. The summed E-state index contributed by atoms with van der Waals surface area (Å²) >= 11 is 0. The number of nitriles is 1. The molecule has 0 spiro atoms. The molecule has 0 atom stereocenters. The van der Waals surface area contributed by atoms with Gasteiger partial charge in [-0.05, 0) is 0 Å². The van der Waals surface area contributed by atoms with E-state index in [1.54, 1.807) is 6.07 Å².